The normalized spacial score (nSPS) is 12.2. The zero-order valence-electron chi connectivity index (χ0n) is 19.8. The fourth-order valence-electron chi connectivity index (χ4n) is 4.23. The Kier molecular flexibility index (Phi) is 7.43. The molecule has 0 aromatic heterocycles. The number of phenols is 2. The van der Waals surface area contributed by atoms with Crippen molar-refractivity contribution < 1.29 is 10.2 Å². The van der Waals surface area contributed by atoms with Crippen LogP contribution in [0, 0.1) is 0 Å². The van der Waals surface area contributed by atoms with E-state index in [2.05, 4.69) is 86.6 Å². The third-order valence-corrected chi connectivity index (χ3v) is 6.08. The van der Waals surface area contributed by atoms with E-state index in [1.54, 1.807) is 0 Å². The first-order valence-electron chi connectivity index (χ1n) is 11.2. The van der Waals surface area contributed by atoms with E-state index in [1.807, 2.05) is 0 Å². The number of aromatic hydroxyl groups is 2. The average molecular weight is 397 g/mol. The highest BCUT2D eigenvalue weighted by atomic mass is 16.3. The van der Waals surface area contributed by atoms with Gasteiger partial charge < -0.3 is 10.2 Å². The Labute approximate surface area is 178 Å². The van der Waals surface area contributed by atoms with Crippen LogP contribution in [0.15, 0.2) is 24.3 Å². The zero-order valence-corrected chi connectivity index (χ0v) is 19.8. The van der Waals surface area contributed by atoms with Crippen LogP contribution in [0.5, 0.6) is 11.5 Å². The molecule has 0 atom stereocenters. The fourth-order valence-corrected chi connectivity index (χ4v) is 4.23. The van der Waals surface area contributed by atoms with E-state index >= 15 is 0 Å². The van der Waals surface area contributed by atoms with Crippen LogP contribution in [0.4, 0.5) is 0 Å². The molecule has 2 rings (SSSR count). The molecule has 2 N–H and O–H groups in total. The van der Waals surface area contributed by atoms with Crippen molar-refractivity contribution in [1.82, 2.24) is 0 Å². The van der Waals surface area contributed by atoms with E-state index in [4.69, 9.17) is 0 Å². The SMILES string of the molecule is CCC(c1cc(C(C)C)c(O)c(C(C)C)c1)c1cc(C(C)C)c(O)c(C(C)C)c1. The lowest BCUT2D eigenvalue weighted by molar-refractivity contribution is 0.453. The van der Waals surface area contributed by atoms with Gasteiger partial charge >= 0.3 is 0 Å². The number of rotatable bonds is 7. The molecule has 0 aliphatic heterocycles. The summed E-state index contributed by atoms with van der Waals surface area (Å²) in [5.74, 6) is 2.20. The van der Waals surface area contributed by atoms with Crippen molar-refractivity contribution in [2.24, 2.45) is 0 Å². The first-order valence-corrected chi connectivity index (χ1v) is 11.2. The van der Waals surface area contributed by atoms with E-state index in [0.29, 0.717) is 11.5 Å². The maximum Gasteiger partial charge on any atom is 0.122 e. The lowest BCUT2D eigenvalue weighted by Gasteiger charge is -2.25. The molecule has 0 saturated heterocycles. The summed E-state index contributed by atoms with van der Waals surface area (Å²) in [5, 5.41) is 21.6. The van der Waals surface area contributed by atoms with E-state index < -0.39 is 0 Å². The Morgan fingerprint density at radius 1 is 0.552 bits per heavy atom. The fraction of sp³-hybridized carbons (Fsp3) is 0.556. The number of hydrogen-bond acceptors (Lipinski definition) is 2. The predicted octanol–water partition coefficient (Wildman–Crippen LogP) is 8.13. The summed E-state index contributed by atoms with van der Waals surface area (Å²) in [6.45, 7) is 19.3. The lowest BCUT2D eigenvalue weighted by Crippen LogP contribution is -2.07. The standard InChI is InChI=1S/C27H40O2/c1-10-21(19-11-22(15(2)3)26(28)23(12-19)16(4)5)20-13-24(17(6)7)27(29)25(14-20)18(8)9/h11-18,21,28-29H,10H2,1-9H3. The number of phenolic OH excluding ortho intramolecular Hbond substituents is 2. The summed E-state index contributed by atoms with van der Waals surface area (Å²) in [5.41, 5.74) is 6.61. The summed E-state index contributed by atoms with van der Waals surface area (Å²) in [6.07, 6.45) is 0.972. The zero-order chi connectivity index (χ0) is 22.0. The molecule has 2 nitrogen and oxygen atoms in total. The van der Waals surface area contributed by atoms with Gasteiger partial charge in [0.05, 0.1) is 0 Å². The molecule has 0 unspecified atom stereocenters. The Bertz CT molecular complexity index is 716. The minimum Gasteiger partial charge on any atom is -0.507 e. The van der Waals surface area contributed by atoms with Gasteiger partial charge in [-0.1, -0.05) is 86.6 Å². The molecule has 160 valence electrons. The molecule has 0 fully saturated rings. The van der Waals surface area contributed by atoms with Gasteiger partial charge in [0.1, 0.15) is 11.5 Å². The van der Waals surface area contributed by atoms with E-state index in [1.165, 1.54) is 11.1 Å². The van der Waals surface area contributed by atoms with Crippen LogP contribution >= 0.6 is 0 Å². The Balaban J connectivity index is 2.74. The van der Waals surface area contributed by atoms with Crippen molar-refractivity contribution in [2.75, 3.05) is 0 Å². The maximum absolute atomic E-state index is 10.8. The van der Waals surface area contributed by atoms with Crippen molar-refractivity contribution in [3.05, 3.63) is 57.6 Å². The van der Waals surface area contributed by atoms with Gasteiger partial charge in [-0.15, -0.1) is 0 Å². The first-order chi connectivity index (χ1) is 13.5. The molecular formula is C27H40O2. The Hall–Kier alpha value is -1.96. The van der Waals surface area contributed by atoms with Gasteiger partial charge in [-0.2, -0.15) is 0 Å². The van der Waals surface area contributed by atoms with Gasteiger partial charge in [0, 0.05) is 5.92 Å². The van der Waals surface area contributed by atoms with Crippen LogP contribution in [-0.4, -0.2) is 10.2 Å². The highest BCUT2D eigenvalue weighted by molar-refractivity contribution is 5.52. The van der Waals surface area contributed by atoms with E-state index in [9.17, 15) is 10.2 Å². The minimum absolute atomic E-state index is 0.237. The Morgan fingerprint density at radius 2 is 0.793 bits per heavy atom. The lowest BCUT2D eigenvalue weighted by atomic mass is 9.81. The highest BCUT2D eigenvalue weighted by Gasteiger charge is 2.23. The molecule has 0 saturated carbocycles. The summed E-state index contributed by atoms with van der Waals surface area (Å²) in [4.78, 5) is 0. The van der Waals surface area contributed by atoms with Crippen molar-refractivity contribution in [1.29, 1.82) is 0 Å². The molecule has 0 aliphatic carbocycles. The second-order valence-corrected chi connectivity index (χ2v) is 9.68. The van der Waals surface area contributed by atoms with Crippen molar-refractivity contribution >= 4 is 0 Å². The van der Waals surface area contributed by atoms with Crippen molar-refractivity contribution in [3.63, 3.8) is 0 Å². The molecule has 2 aromatic carbocycles. The molecule has 0 amide bonds. The molecule has 0 bridgehead atoms. The molecule has 0 spiro atoms. The van der Waals surface area contributed by atoms with E-state index in [-0.39, 0.29) is 29.6 Å². The van der Waals surface area contributed by atoms with Gasteiger partial charge in [0.2, 0.25) is 0 Å². The number of hydrogen-bond donors (Lipinski definition) is 2. The number of benzene rings is 2. The van der Waals surface area contributed by atoms with Crippen molar-refractivity contribution in [2.45, 2.75) is 98.3 Å². The summed E-state index contributed by atoms with van der Waals surface area (Å²) >= 11 is 0. The molecule has 0 aliphatic rings. The van der Waals surface area contributed by atoms with Crippen molar-refractivity contribution in [3.8, 4) is 11.5 Å². The monoisotopic (exact) mass is 396 g/mol. The molecule has 2 aromatic rings. The van der Waals surface area contributed by atoms with Crippen LogP contribution in [-0.2, 0) is 0 Å². The summed E-state index contributed by atoms with van der Waals surface area (Å²) in [7, 11) is 0. The second kappa shape index (κ2) is 9.24. The van der Waals surface area contributed by atoms with Gasteiger partial charge in [-0.05, 0) is 63.5 Å². The topological polar surface area (TPSA) is 40.5 Å². The first kappa shape index (κ1) is 23.3. The minimum atomic E-state index is 0.237. The summed E-state index contributed by atoms with van der Waals surface area (Å²) < 4.78 is 0. The van der Waals surface area contributed by atoms with Crippen LogP contribution in [0.3, 0.4) is 0 Å². The van der Waals surface area contributed by atoms with Crippen LogP contribution in [0.1, 0.15) is 132 Å². The van der Waals surface area contributed by atoms with Crippen LogP contribution in [0.2, 0.25) is 0 Å². The largest absolute Gasteiger partial charge is 0.507 e. The third kappa shape index (κ3) is 4.79. The molecule has 0 radical (unpaired) electrons. The van der Waals surface area contributed by atoms with Gasteiger partial charge in [0.25, 0.3) is 0 Å². The molecule has 0 heterocycles. The Morgan fingerprint density at radius 3 is 0.966 bits per heavy atom. The predicted molar refractivity (Wildman–Crippen MR) is 125 cm³/mol. The van der Waals surface area contributed by atoms with Crippen LogP contribution in [0.25, 0.3) is 0 Å². The van der Waals surface area contributed by atoms with E-state index in [0.717, 1.165) is 28.7 Å². The smallest absolute Gasteiger partial charge is 0.122 e. The highest BCUT2D eigenvalue weighted by Crippen LogP contribution is 2.42. The third-order valence-electron chi connectivity index (χ3n) is 6.08. The maximum atomic E-state index is 10.8. The summed E-state index contributed by atoms with van der Waals surface area (Å²) in [6, 6.07) is 8.77. The van der Waals surface area contributed by atoms with Gasteiger partial charge in [-0.3, -0.25) is 0 Å². The molecule has 2 heteroatoms. The average Bonchev–Trinajstić information content (AvgIpc) is 2.63. The second-order valence-electron chi connectivity index (χ2n) is 9.68. The molecular weight excluding hydrogens is 356 g/mol. The van der Waals surface area contributed by atoms with Gasteiger partial charge in [0.15, 0.2) is 0 Å². The van der Waals surface area contributed by atoms with Gasteiger partial charge in [-0.25, -0.2) is 0 Å². The quantitative estimate of drug-likeness (QED) is 0.496. The molecule has 29 heavy (non-hydrogen) atoms. The van der Waals surface area contributed by atoms with Crippen LogP contribution < -0.4 is 0 Å².